The molecule has 4 nitrogen and oxygen atoms in total. The summed E-state index contributed by atoms with van der Waals surface area (Å²) in [5, 5.41) is 0. The molecule has 0 amide bonds. The maximum atomic E-state index is 11.0. The number of sulfonamides is 1. The molecule has 0 atom stereocenters. The van der Waals surface area contributed by atoms with E-state index in [0.717, 1.165) is 22.9 Å². The van der Waals surface area contributed by atoms with Crippen LogP contribution in [0.15, 0.2) is 24.3 Å². The molecule has 1 aromatic carbocycles. The van der Waals surface area contributed by atoms with Gasteiger partial charge in [0.1, 0.15) is 5.75 Å². The molecule has 1 aromatic rings. The smallest absolute Gasteiger partial charge is 0.229 e. The predicted molar refractivity (Wildman–Crippen MR) is 73.9 cm³/mol. The van der Waals surface area contributed by atoms with Gasteiger partial charge in [-0.05, 0) is 30.7 Å². The van der Waals surface area contributed by atoms with E-state index in [-0.39, 0.29) is 0 Å². The van der Waals surface area contributed by atoms with Crippen molar-refractivity contribution in [1.29, 1.82) is 0 Å². The molecule has 0 bridgehead atoms. The second-order valence-corrected chi connectivity index (χ2v) is 6.12. The van der Waals surface area contributed by atoms with Crippen molar-refractivity contribution in [3.63, 3.8) is 0 Å². The normalized spacial score (nSPS) is 11.1. The summed E-state index contributed by atoms with van der Waals surface area (Å²) in [6.07, 6.45) is 2.13. The van der Waals surface area contributed by atoms with Crippen molar-refractivity contribution < 1.29 is 13.2 Å². The highest BCUT2D eigenvalue weighted by Gasteiger charge is 2.01. The van der Waals surface area contributed by atoms with E-state index in [9.17, 15) is 8.42 Å². The highest BCUT2D eigenvalue weighted by atomic mass is 127. The van der Waals surface area contributed by atoms with Gasteiger partial charge in [-0.15, -0.1) is 0 Å². The third-order valence-electron chi connectivity index (χ3n) is 1.70. The zero-order valence-electron chi connectivity index (χ0n) is 8.94. The lowest BCUT2D eigenvalue weighted by Gasteiger charge is -2.07. The molecule has 0 radical (unpaired) electrons. The molecule has 0 saturated heterocycles. The van der Waals surface area contributed by atoms with Gasteiger partial charge in [0.15, 0.2) is 0 Å². The average Bonchev–Trinajstić information content (AvgIpc) is 2.19. The number of rotatable bonds is 6. The topological polar surface area (TPSA) is 55.4 Å². The fourth-order valence-corrected chi connectivity index (χ4v) is 1.95. The molecule has 90 valence electrons. The summed E-state index contributed by atoms with van der Waals surface area (Å²) in [6.45, 7) is 0.682. The van der Waals surface area contributed by atoms with E-state index in [0.29, 0.717) is 12.3 Å². The van der Waals surface area contributed by atoms with Crippen LogP contribution < -0.4 is 9.46 Å². The van der Waals surface area contributed by atoms with E-state index in [1.54, 1.807) is 24.3 Å². The fraction of sp³-hybridized carbons (Fsp3) is 0.400. The number of benzene rings is 1. The fourth-order valence-electron chi connectivity index (χ4n) is 1.08. The number of halogens is 1. The molecule has 0 heterocycles. The highest BCUT2D eigenvalue weighted by Crippen LogP contribution is 2.16. The molecule has 1 rings (SSSR count). The Morgan fingerprint density at radius 3 is 2.44 bits per heavy atom. The Labute approximate surface area is 110 Å². The zero-order chi connectivity index (χ0) is 12.0. The molecular formula is C10H14INO3S. The van der Waals surface area contributed by atoms with Gasteiger partial charge in [0, 0.05) is 10.1 Å². The van der Waals surface area contributed by atoms with Crippen molar-refractivity contribution in [3.05, 3.63) is 24.3 Å². The van der Waals surface area contributed by atoms with Crippen molar-refractivity contribution in [1.82, 2.24) is 0 Å². The van der Waals surface area contributed by atoms with Gasteiger partial charge in [0.05, 0.1) is 12.9 Å². The standard InChI is InChI=1S/C10H14INO3S/c1-16(13,14)12-9-3-5-10(6-4-9)15-8-2-7-11/h3-6,12H,2,7-8H2,1H3. The molecule has 0 fully saturated rings. The summed E-state index contributed by atoms with van der Waals surface area (Å²) >= 11 is 2.29. The summed E-state index contributed by atoms with van der Waals surface area (Å²) in [5.74, 6) is 0.754. The van der Waals surface area contributed by atoms with Crippen molar-refractivity contribution in [3.8, 4) is 5.75 Å². The van der Waals surface area contributed by atoms with E-state index < -0.39 is 10.0 Å². The third kappa shape index (κ3) is 5.55. The number of hydrogen-bond donors (Lipinski definition) is 1. The van der Waals surface area contributed by atoms with Crippen molar-refractivity contribution >= 4 is 38.3 Å². The molecular weight excluding hydrogens is 341 g/mol. The lowest BCUT2D eigenvalue weighted by atomic mass is 10.3. The monoisotopic (exact) mass is 355 g/mol. The molecule has 6 heteroatoms. The number of alkyl halides is 1. The first kappa shape index (κ1) is 13.6. The van der Waals surface area contributed by atoms with Gasteiger partial charge in [-0.2, -0.15) is 0 Å². The second kappa shape index (κ2) is 6.29. The minimum Gasteiger partial charge on any atom is -0.494 e. The summed E-state index contributed by atoms with van der Waals surface area (Å²) < 4.78 is 30.8. The van der Waals surface area contributed by atoms with Crippen LogP contribution in [0, 0.1) is 0 Å². The third-order valence-corrected chi connectivity index (χ3v) is 3.07. The van der Waals surface area contributed by atoms with E-state index in [4.69, 9.17) is 4.74 Å². The maximum Gasteiger partial charge on any atom is 0.229 e. The van der Waals surface area contributed by atoms with Crippen LogP contribution >= 0.6 is 22.6 Å². The van der Waals surface area contributed by atoms with Crippen molar-refractivity contribution in [2.75, 3.05) is 22.0 Å². The molecule has 16 heavy (non-hydrogen) atoms. The summed E-state index contributed by atoms with van der Waals surface area (Å²) in [4.78, 5) is 0. The molecule has 0 aliphatic carbocycles. The van der Waals surface area contributed by atoms with Crippen molar-refractivity contribution in [2.24, 2.45) is 0 Å². The summed E-state index contributed by atoms with van der Waals surface area (Å²) in [6, 6.07) is 6.86. The van der Waals surface area contributed by atoms with Crippen molar-refractivity contribution in [2.45, 2.75) is 6.42 Å². The predicted octanol–water partition coefficient (Wildman–Crippen LogP) is 2.26. The van der Waals surface area contributed by atoms with Crippen LogP contribution in [0.2, 0.25) is 0 Å². The van der Waals surface area contributed by atoms with Crippen LogP contribution in [0.1, 0.15) is 6.42 Å². The maximum absolute atomic E-state index is 11.0. The van der Waals surface area contributed by atoms with Crippen LogP contribution in [0.4, 0.5) is 5.69 Å². The SMILES string of the molecule is CS(=O)(=O)Nc1ccc(OCCCI)cc1. The Morgan fingerprint density at radius 1 is 1.31 bits per heavy atom. The molecule has 0 aliphatic heterocycles. The molecule has 0 spiro atoms. The first-order valence-corrected chi connectivity index (χ1v) is 8.19. The lowest BCUT2D eigenvalue weighted by molar-refractivity contribution is 0.319. The molecule has 0 aliphatic rings. The summed E-state index contributed by atoms with van der Waals surface area (Å²) in [7, 11) is -3.20. The van der Waals surface area contributed by atoms with Gasteiger partial charge in [0.25, 0.3) is 0 Å². The molecule has 1 N–H and O–H groups in total. The van der Waals surface area contributed by atoms with Crippen LogP contribution in [0.25, 0.3) is 0 Å². The second-order valence-electron chi connectivity index (χ2n) is 3.29. The van der Waals surface area contributed by atoms with Crippen LogP contribution in [0.3, 0.4) is 0 Å². The number of hydrogen-bond acceptors (Lipinski definition) is 3. The van der Waals surface area contributed by atoms with E-state index in [1.165, 1.54) is 0 Å². The van der Waals surface area contributed by atoms with Crippen LogP contribution in [-0.2, 0) is 10.0 Å². The van der Waals surface area contributed by atoms with Crippen LogP contribution in [-0.4, -0.2) is 25.7 Å². The highest BCUT2D eigenvalue weighted by molar-refractivity contribution is 14.1. The Hall–Kier alpha value is -0.500. The Morgan fingerprint density at radius 2 is 1.94 bits per heavy atom. The Kier molecular flexibility index (Phi) is 5.33. The summed E-state index contributed by atoms with van der Waals surface area (Å²) in [5.41, 5.74) is 0.545. The largest absolute Gasteiger partial charge is 0.494 e. The number of nitrogens with one attached hydrogen (secondary N) is 1. The molecule has 0 aromatic heterocycles. The van der Waals surface area contributed by atoms with Crippen LogP contribution in [0.5, 0.6) is 5.75 Å². The van der Waals surface area contributed by atoms with E-state index >= 15 is 0 Å². The minimum atomic E-state index is -3.20. The van der Waals surface area contributed by atoms with Gasteiger partial charge in [-0.1, -0.05) is 22.6 Å². The van der Waals surface area contributed by atoms with Gasteiger partial charge in [-0.3, -0.25) is 4.72 Å². The zero-order valence-corrected chi connectivity index (χ0v) is 11.9. The molecule has 0 unspecified atom stereocenters. The van der Waals surface area contributed by atoms with Gasteiger partial charge in [0.2, 0.25) is 10.0 Å². The van der Waals surface area contributed by atoms with E-state index in [1.807, 2.05) is 0 Å². The van der Waals surface area contributed by atoms with E-state index in [2.05, 4.69) is 27.3 Å². The Bertz CT molecular complexity index is 416. The minimum absolute atomic E-state index is 0.545. The first-order chi connectivity index (χ1) is 7.51. The Balaban J connectivity index is 2.54. The number of anilines is 1. The molecule has 0 saturated carbocycles. The van der Waals surface area contributed by atoms with Gasteiger partial charge >= 0.3 is 0 Å². The van der Waals surface area contributed by atoms with Gasteiger partial charge < -0.3 is 4.74 Å². The number of ether oxygens (including phenoxy) is 1. The van der Waals surface area contributed by atoms with Gasteiger partial charge in [-0.25, -0.2) is 8.42 Å². The first-order valence-electron chi connectivity index (χ1n) is 4.78. The average molecular weight is 355 g/mol. The lowest BCUT2D eigenvalue weighted by Crippen LogP contribution is -2.09. The quantitative estimate of drug-likeness (QED) is 0.484.